The second-order valence-electron chi connectivity index (χ2n) is 39.0. The maximum Gasteiger partial charge on any atom is 0.256 e. The van der Waals surface area contributed by atoms with Crippen LogP contribution >= 0.6 is 0 Å². The van der Waals surface area contributed by atoms with Crippen LogP contribution in [0.15, 0.2) is 231 Å². The van der Waals surface area contributed by atoms with Gasteiger partial charge in [-0.3, -0.25) is 0 Å². The Hall–Kier alpha value is -10.0. The van der Waals surface area contributed by atoms with Crippen molar-refractivity contribution in [3.8, 4) is 44.9 Å². The van der Waals surface area contributed by atoms with E-state index in [1.54, 1.807) is 0 Å². The summed E-state index contributed by atoms with van der Waals surface area (Å²) in [4.78, 5) is 7.95. The fourth-order valence-electron chi connectivity index (χ4n) is 18.8. The zero-order valence-electron chi connectivity index (χ0n) is 66.8. The molecule has 4 aliphatic heterocycles. The van der Waals surface area contributed by atoms with Gasteiger partial charge in [0.25, 0.3) is 13.4 Å². The van der Waals surface area contributed by atoms with E-state index in [0.29, 0.717) is 0 Å². The first-order valence-corrected chi connectivity index (χ1v) is 39.2. The lowest BCUT2D eigenvalue weighted by Crippen LogP contribution is -2.64. The molecule has 0 N–H and O–H groups in total. The molecule has 18 rings (SSSR count). The van der Waals surface area contributed by atoms with Crippen molar-refractivity contribution in [2.75, 3.05) is 14.7 Å². The smallest absolute Gasteiger partial charge is 0.256 e. The Morgan fingerprint density at radius 2 is 0.589 bits per heavy atom. The number of ether oxygens (including phenoxy) is 1. The molecule has 0 bridgehead atoms. The Balaban J connectivity index is 0.951. The van der Waals surface area contributed by atoms with E-state index in [4.69, 9.17) is 4.74 Å². The van der Waals surface area contributed by atoms with Gasteiger partial charge in [0.2, 0.25) is 0 Å². The Bertz CT molecular complexity index is 5620. The zero-order valence-corrected chi connectivity index (χ0v) is 66.8. The quantitative estimate of drug-likeness (QED) is 0.164. The van der Waals surface area contributed by atoms with Crippen LogP contribution in [-0.4, -0.2) is 13.4 Å². The van der Waals surface area contributed by atoms with Gasteiger partial charge in [-0.2, -0.15) is 0 Å². The molecule has 0 fully saturated rings. The summed E-state index contributed by atoms with van der Waals surface area (Å²) in [5.41, 5.74) is 38.4. The third-order valence-electron chi connectivity index (χ3n) is 24.7. The number of fused-ring (bicyclic) bond motifs is 18. The maximum atomic E-state index is 8.19. The van der Waals surface area contributed by atoms with Crippen LogP contribution in [-0.2, 0) is 43.3 Å². The van der Waals surface area contributed by atoms with Gasteiger partial charge in [-0.05, 0) is 238 Å². The molecule has 4 nitrogen and oxygen atoms in total. The number of benzene rings is 12. The van der Waals surface area contributed by atoms with E-state index in [-0.39, 0.29) is 51.3 Å². The molecule has 4 heterocycles. The fourth-order valence-corrected chi connectivity index (χ4v) is 18.8. The minimum Gasteiger partial charge on any atom is -0.458 e. The molecule has 0 atom stereocenters. The van der Waals surface area contributed by atoms with E-state index in [1.165, 1.54) is 150 Å². The monoisotopic (exact) mass is 1390 g/mol. The van der Waals surface area contributed by atoms with Crippen molar-refractivity contribution in [2.45, 2.75) is 189 Å². The largest absolute Gasteiger partial charge is 0.458 e. The molecule has 12 aromatic carbocycles. The van der Waals surface area contributed by atoms with E-state index in [9.17, 15) is 0 Å². The summed E-state index contributed by atoms with van der Waals surface area (Å²) in [6.45, 7) is 49.4. The molecule has 2 aliphatic carbocycles. The topological polar surface area (TPSA) is 19.0 Å². The van der Waals surface area contributed by atoms with Gasteiger partial charge in [0.1, 0.15) is 11.5 Å². The highest BCUT2D eigenvalue weighted by molar-refractivity contribution is 7.02. The summed E-state index contributed by atoms with van der Waals surface area (Å²) >= 11 is 0. The normalized spacial score (nSPS) is 15.0. The second-order valence-corrected chi connectivity index (χ2v) is 39.0. The van der Waals surface area contributed by atoms with Gasteiger partial charge in [-0.15, -0.1) is 0 Å². The number of hydrogen-bond acceptors (Lipinski definition) is 4. The average molecular weight is 1390 g/mol. The number of rotatable bonds is 4. The predicted molar refractivity (Wildman–Crippen MR) is 459 cm³/mol. The second kappa shape index (κ2) is 23.0. The van der Waals surface area contributed by atoms with Crippen LogP contribution in [0.5, 0.6) is 11.5 Å². The van der Waals surface area contributed by atoms with E-state index in [1.807, 2.05) is 0 Å². The van der Waals surface area contributed by atoms with E-state index < -0.39 is 5.41 Å². The molecule has 0 unspecified atom stereocenters. The van der Waals surface area contributed by atoms with Gasteiger partial charge in [-0.1, -0.05) is 297 Å². The van der Waals surface area contributed by atoms with Crippen LogP contribution in [0.2, 0.25) is 0 Å². The third-order valence-corrected chi connectivity index (χ3v) is 24.7. The lowest BCUT2D eigenvalue weighted by atomic mass is 9.30. The summed E-state index contributed by atoms with van der Waals surface area (Å²) in [7, 11) is 0. The lowest BCUT2D eigenvalue weighted by Gasteiger charge is -2.46. The van der Waals surface area contributed by atoms with E-state index >= 15 is 0 Å². The van der Waals surface area contributed by atoms with Gasteiger partial charge in [0.15, 0.2) is 0 Å². The minimum atomic E-state index is -0.586. The molecule has 107 heavy (non-hydrogen) atoms. The molecule has 1 spiro atoms. The molecule has 12 aromatic rings. The maximum absolute atomic E-state index is 8.19. The summed E-state index contributed by atoms with van der Waals surface area (Å²) in [6, 6.07) is 91.2. The summed E-state index contributed by atoms with van der Waals surface area (Å²) < 4.78 is 8.19. The van der Waals surface area contributed by atoms with Crippen LogP contribution in [0.1, 0.15) is 207 Å². The van der Waals surface area contributed by atoms with Crippen LogP contribution in [0.4, 0.5) is 51.2 Å². The fraction of sp³-hybridized carbons (Fsp3) is 0.287. The molecule has 6 heteroatoms. The summed E-state index contributed by atoms with van der Waals surface area (Å²) in [5, 5.41) is 0. The molecular weight excluding hydrogens is 1290 g/mol. The SMILES string of the molecule is CC(C)(C)c1cc(N2c3ccccc3B3c4cc5c(cc4Oc4cc(-c6cccc7c6C6(c8ccccc8-c8ccccc86)c6ccccc6-7)cc2c43)N(c2cc(C(C)(C)C)cc(C(C)(C)C)c2)c2cc(C(C)(C)C)cc3c2B5c2ccccc2N3c2cc(C(C)(C)C)cc(C(C)(C)C)c2)cc(C(C)(C)C)c1. The Morgan fingerprint density at radius 3 is 1.01 bits per heavy atom. The highest BCUT2D eigenvalue weighted by atomic mass is 16.5. The first-order valence-electron chi connectivity index (χ1n) is 39.2. The van der Waals surface area contributed by atoms with Crippen molar-refractivity contribution < 1.29 is 4.74 Å². The van der Waals surface area contributed by atoms with E-state index in [0.717, 1.165) is 39.8 Å². The number of para-hydroxylation sites is 2. The molecular formula is C101H101B2N3O. The minimum absolute atomic E-state index is 0.104. The molecule has 0 radical (unpaired) electrons. The first-order chi connectivity index (χ1) is 50.5. The van der Waals surface area contributed by atoms with E-state index in [2.05, 4.69) is 391 Å². The van der Waals surface area contributed by atoms with Crippen LogP contribution in [0.25, 0.3) is 33.4 Å². The number of hydrogen-bond donors (Lipinski definition) is 0. The van der Waals surface area contributed by atoms with Crippen LogP contribution < -0.4 is 52.2 Å². The molecule has 0 saturated heterocycles. The summed E-state index contributed by atoms with van der Waals surface area (Å²) in [5.74, 6) is 1.75. The molecule has 6 aliphatic rings. The van der Waals surface area contributed by atoms with Gasteiger partial charge < -0.3 is 19.4 Å². The number of anilines is 9. The predicted octanol–water partition coefficient (Wildman–Crippen LogP) is 23.3. The Labute approximate surface area is 638 Å². The standard InChI is InChI=1S/C101H101B2N3O/c1-94(2,3)61-47-62(95(4,5)6)51-68(50-61)104-84-44-31-29-42-80(84)103-82-58-81-85(59-89(82)107-90-46-60(45-86(104)93(90)103)71-36-32-37-75-74-35-24-27-40-78(74)101(91(71)75)76-38-25-22-33-72(76)73-34-23-26-39-77(73)101)106(70-54-65(98(13,14)15)49-66(55-70)99(16,17)18)88-57-67(100(19,20)21)56-87-92(88)102(81)79-41-28-30-43-83(79)105(87)69-52-63(96(7,8)9)48-64(53-69)97(10,11)12/h22-59H,1-21H3. The van der Waals surface area contributed by atoms with Crippen molar-refractivity contribution in [3.63, 3.8) is 0 Å². The zero-order chi connectivity index (χ0) is 75.1. The average Bonchev–Trinajstić information content (AvgIpc) is 1.60. The molecule has 0 aromatic heterocycles. The summed E-state index contributed by atoms with van der Waals surface area (Å²) in [6.07, 6.45) is 0. The van der Waals surface area contributed by atoms with Gasteiger partial charge >= 0.3 is 0 Å². The van der Waals surface area contributed by atoms with Crippen molar-refractivity contribution in [3.05, 3.63) is 292 Å². The highest BCUT2D eigenvalue weighted by Crippen LogP contribution is 2.65. The molecule has 0 amide bonds. The first kappa shape index (κ1) is 68.8. The van der Waals surface area contributed by atoms with Gasteiger partial charge in [0.05, 0.1) is 5.41 Å². The van der Waals surface area contributed by atoms with Crippen molar-refractivity contribution in [2.24, 2.45) is 0 Å². The molecule has 0 saturated carbocycles. The van der Waals surface area contributed by atoms with Gasteiger partial charge in [-0.25, -0.2) is 0 Å². The van der Waals surface area contributed by atoms with Crippen molar-refractivity contribution in [1.82, 2.24) is 0 Å². The van der Waals surface area contributed by atoms with Crippen molar-refractivity contribution in [1.29, 1.82) is 0 Å². The Morgan fingerprint density at radius 1 is 0.252 bits per heavy atom. The Kier molecular flexibility index (Phi) is 14.8. The highest BCUT2D eigenvalue weighted by Gasteiger charge is 2.54. The van der Waals surface area contributed by atoms with Crippen LogP contribution in [0.3, 0.4) is 0 Å². The van der Waals surface area contributed by atoms with Crippen LogP contribution in [0, 0.1) is 0 Å². The number of nitrogens with zero attached hydrogens (tertiary/aromatic N) is 3. The molecule has 532 valence electrons. The van der Waals surface area contributed by atoms with Crippen molar-refractivity contribution >= 4 is 97.4 Å². The lowest BCUT2D eigenvalue weighted by molar-refractivity contribution is 0.488. The van der Waals surface area contributed by atoms with Gasteiger partial charge in [0, 0.05) is 57.3 Å². The third kappa shape index (κ3) is 10.4.